The van der Waals surface area contributed by atoms with E-state index < -0.39 is 25.1 Å². The average Bonchev–Trinajstić information content (AvgIpc) is 1.83. The van der Waals surface area contributed by atoms with Crippen molar-refractivity contribution in [3.05, 3.63) is 12.8 Å². The lowest BCUT2D eigenvalue weighted by Gasteiger charge is -2.16. The minimum atomic E-state index is -4.65. The van der Waals surface area contributed by atoms with E-state index in [-0.39, 0.29) is 0 Å². The first-order valence-corrected chi connectivity index (χ1v) is 2.98. The normalized spacial score (nSPS) is 14.5. The first-order valence-electron chi connectivity index (χ1n) is 2.98. The highest BCUT2D eigenvalue weighted by molar-refractivity contribution is 4.69. The third kappa shape index (κ3) is 4.92. The van der Waals surface area contributed by atoms with Gasteiger partial charge in [-0.05, 0) is 0 Å². The third-order valence-corrected chi connectivity index (χ3v) is 0.985. The second-order valence-corrected chi connectivity index (χ2v) is 1.99. The molecule has 0 aromatic heterocycles. The van der Waals surface area contributed by atoms with Crippen LogP contribution in [0, 0.1) is 0 Å². The molecule has 72 valence electrons. The summed E-state index contributed by atoms with van der Waals surface area (Å²) >= 11 is 0. The zero-order valence-electron chi connectivity index (χ0n) is 5.94. The lowest BCUT2D eigenvalue weighted by molar-refractivity contribution is -0.170. The van der Waals surface area contributed by atoms with Crippen LogP contribution in [0.2, 0.25) is 0 Å². The maximum Gasteiger partial charge on any atom is 0.392 e. The number of rotatable bonds is 4. The predicted octanol–water partition coefficient (Wildman–Crippen LogP) is 2.73. The van der Waals surface area contributed by atoms with E-state index in [0.717, 1.165) is 0 Å². The van der Waals surface area contributed by atoms with Gasteiger partial charge < -0.3 is 4.74 Å². The summed E-state index contributed by atoms with van der Waals surface area (Å²) in [5.41, 5.74) is 0. The van der Waals surface area contributed by atoms with Crippen LogP contribution < -0.4 is 0 Å². The molecule has 0 aromatic carbocycles. The van der Waals surface area contributed by atoms with Gasteiger partial charge in [-0.15, -0.1) is 0 Å². The number of hydrogen-bond donors (Lipinski definition) is 0. The molecule has 1 nitrogen and oxygen atoms in total. The Morgan fingerprint density at radius 3 is 2.08 bits per heavy atom. The molecule has 1 unspecified atom stereocenters. The molecule has 0 rings (SSSR count). The molecule has 0 spiro atoms. The van der Waals surface area contributed by atoms with E-state index >= 15 is 0 Å². The standard InChI is InChI=1S/C6H7F5O/c1-2-12-4(5(7)8)3-6(9,10)11/h2,4-5H,1,3H2. The smallest absolute Gasteiger partial charge is 0.392 e. The number of ether oxygens (including phenoxy) is 1. The van der Waals surface area contributed by atoms with Crippen molar-refractivity contribution in [2.75, 3.05) is 0 Å². The molecule has 0 N–H and O–H groups in total. The Labute approximate surface area is 65.8 Å². The molecule has 0 aliphatic rings. The van der Waals surface area contributed by atoms with Gasteiger partial charge in [-0.3, -0.25) is 0 Å². The van der Waals surface area contributed by atoms with E-state index in [1.165, 1.54) is 0 Å². The Hall–Kier alpha value is -0.810. The van der Waals surface area contributed by atoms with Gasteiger partial charge in [0.2, 0.25) is 0 Å². The second-order valence-electron chi connectivity index (χ2n) is 1.99. The summed E-state index contributed by atoms with van der Waals surface area (Å²) in [6.07, 6.45) is -11.1. The zero-order chi connectivity index (χ0) is 9.78. The monoisotopic (exact) mass is 190 g/mol. The largest absolute Gasteiger partial charge is 0.492 e. The van der Waals surface area contributed by atoms with Gasteiger partial charge in [0.1, 0.15) is 0 Å². The average molecular weight is 190 g/mol. The number of hydrogen-bond acceptors (Lipinski definition) is 1. The maximum absolute atomic E-state index is 11.7. The summed E-state index contributed by atoms with van der Waals surface area (Å²) in [4.78, 5) is 0. The van der Waals surface area contributed by atoms with Crippen molar-refractivity contribution >= 4 is 0 Å². The second kappa shape index (κ2) is 4.27. The number of alkyl halides is 5. The van der Waals surface area contributed by atoms with Crippen molar-refractivity contribution in [2.45, 2.75) is 25.1 Å². The molecule has 0 bridgehead atoms. The van der Waals surface area contributed by atoms with Crippen molar-refractivity contribution in [2.24, 2.45) is 0 Å². The zero-order valence-corrected chi connectivity index (χ0v) is 5.94. The van der Waals surface area contributed by atoms with E-state index in [0.29, 0.717) is 6.26 Å². The highest BCUT2D eigenvalue weighted by Gasteiger charge is 2.37. The van der Waals surface area contributed by atoms with Crippen molar-refractivity contribution in [3.8, 4) is 0 Å². The van der Waals surface area contributed by atoms with Gasteiger partial charge in [-0.2, -0.15) is 13.2 Å². The van der Waals surface area contributed by atoms with E-state index in [9.17, 15) is 22.0 Å². The van der Waals surface area contributed by atoms with Crippen LogP contribution in [0.25, 0.3) is 0 Å². The summed E-state index contributed by atoms with van der Waals surface area (Å²) in [6.45, 7) is 2.89. The molecule has 12 heavy (non-hydrogen) atoms. The predicted molar refractivity (Wildman–Crippen MR) is 31.7 cm³/mol. The molecule has 0 aliphatic heterocycles. The van der Waals surface area contributed by atoms with E-state index in [2.05, 4.69) is 11.3 Å². The van der Waals surface area contributed by atoms with Crippen molar-refractivity contribution in [1.82, 2.24) is 0 Å². The SMILES string of the molecule is C=COC(CC(F)(F)F)C(F)F. The van der Waals surface area contributed by atoms with Gasteiger partial charge in [0.15, 0.2) is 6.10 Å². The summed E-state index contributed by atoms with van der Waals surface area (Å²) in [5.74, 6) is 0. The fraction of sp³-hybridized carbons (Fsp3) is 0.667. The minimum absolute atomic E-state index is 0.572. The Bertz CT molecular complexity index is 141. The lowest BCUT2D eigenvalue weighted by Crippen LogP contribution is -2.27. The van der Waals surface area contributed by atoms with Crippen LogP contribution in [-0.4, -0.2) is 18.7 Å². The van der Waals surface area contributed by atoms with E-state index in [1.54, 1.807) is 0 Å². The van der Waals surface area contributed by atoms with Crippen molar-refractivity contribution in [3.63, 3.8) is 0 Å². The van der Waals surface area contributed by atoms with Crippen LogP contribution in [0.3, 0.4) is 0 Å². The summed E-state index contributed by atoms with van der Waals surface area (Å²) < 4.78 is 62.1. The first kappa shape index (κ1) is 11.2. The molecule has 0 amide bonds. The molecular weight excluding hydrogens is 183 g/mol. The van der Waals surface area contributed by atoms with Crippen LogP contribution in [0.4, 0.5) is 22.0 Å². The minimum Gasteiger partial charge on any atom is -0.492 e. The van der Waals surface area contributed by atoms with Gasteiger partial charge in [-0.1, -0.05) is 6.58 Å². The van der Waals surface area contributed by atoms with Gasteiger partial charge >= 0.3 is 6.18 Å². The van der Waals surface area contributed by atoms with Gasteiger partial charge in [-0.25, -0.2) is 8.78 Å². The van der Waals surface area contributed by atoms with Crippen LogP contribution >= 0.6 is 0 Å². The molecule has 6 heteroatoms. The molecule has 0 aliphatic carbocycles. The van der Waals surface area contributed by atoms with E-state index in [4.69, 9.17) is 0 Å². The highest BCUT2D eigenvalue weighted by atomic mass is 19.4. The number of halogens is 5. The quantitative estimate of drug-likeness (QED) is 0.489. The molecular formula is C6H7F5O. The Kier molecular flexibility index (Phi) is 3.99. The van der Waals surface area contributed by atoms with Crippen LogP contribution in [0.5, 0.6) is 0 Å². The molecule has 0 radical (unpaired) electrons. The summed E-state index contributed by atoms with van der Waals surface area (Å²) in [6, 6.07) is 0. The molecule has 1 atom stereocenters. The highest BCUT2D eigenvalue weighted by Crippen LogP contribution is 2.25. The Morgan fingerprint density at radius 1 is 1.33 bits per heavy atom. The van der Waals surface area contributed by atoms with Gasteiger partial charge in [0.25, 0.3) is 6.43 Å². The molecule has 0 saturated carbocycles. The van der Waals surface area contributed by atoms with Crippen molar-refractivity contribution < 1.29 is 26.7 Å². The Morgan fingerprint density at radius 2 is 1.83 bits per heavy atom. The molecule has 0 aromatic rings. The summed E-state index contributed by atoms with van der Waals surface area (Å²) in [5, 5.41) is 0. The first-order chi connectivity index (χ1) is 5.37. The van der Waals surface area contributed by atoms with Crippen LogP contribution in [0.15, 0.2) is 12.8 Å². The summed E-state index contributed by atoms with van der Waals surface area (Å²) in [7, 11) is 0. The molecule has 0 heterocycles. The van der Waals surface area contributed by atoms with Gasteiger partial charge in [0.05, 0.1) is 12.7 Å². The fourth-order valence-electron chi connectivity index (χ4n) is 0.548. The van der Waals surface area contributed by atoms with Crippen LogP contribution in [0.1, 0.15) is 6.42 Å². The molecule has 0 saturated heterocycles. The third-order valence-electron chi connectivity index (χ3n) is 0.985. The maximum atomic E-state index is 11.7. The lowest BCUT2D eigenvalue weighted by atomic mass is 10.2. The van der Waals surface area contributed by atoms with Gasteiger partial charge in [0, 0.05) is 0 Å². The van der Waals surface area contributed by atoms with Crippen LogP contribution in [-0.2, 0) is 4.74 Å². The topological polar surface area (TPSA) is 9.23 Å². The Balaban J connectivity index is 4.04. The van der Waals surface area contributed by atoms with Crippen molar-refractivity contribution in [1.29, 1.82) is 0 Å². The molecule has 0 fully saturated rings. The van der Waals surface area contributed by atoms with E-state index in [1.807, 2.05) is 0 Å². The fourth-order valence-corrected chi connectivity index (χ4v) is 0.548.